The van der Waals surface area contributed by atoms with Gasteiger partial charge in [0.05, 0.1) is 25.3 Å². The zero-order valence-corrected chi connectivity index (χ0v) is 16.8. The first-order chi connectivity index (χ1) is 15.2. The molecule has 0 aromatic heterocycles. The van der Waals surface area contributed by atoms with E-state index >= 15 is 0 Å². The molecule has 2 aliphatic rings. The van der Waals surface area contributed by atoms with E-state index in [0.717, 1.165) is 6.07 Å². The molecule has 8 N–H and O–H groups in total. The quantitative estimate of drug-likeness (QED) is 0.252. The van der Waals surface area contributed by atoms with Gasteiger partial charge in [-0.05, 0) is 12.1 Å². The van der Waals surface area contributed by atoms with Crippen LogP contribution in [0.1, 0.15) is 17.2 Å². The lowest BCUT2D eigenvalue weighted by Crippen LogP contribution is -2.53. The number of hydrogen-bond donors (Lipinski definition) is 7. The maximum Gasteiger partial charge on any atom is 0.270 e. The number of aliphatic hydroxyl groups is 4. The Morgan fingerprint density at radius 3 is 2.44 bits per heavy atom. The molecule has 0 spiro atoms. The van der Waals surface area contributed by atoms with E-state index in [1.807, 2.05) is 0 Å². The predicted octanol–water partition coefficient (Wildman–Crippen LogP) is 0.310. The molecule has 4 rings (SSSR count). The molecule has 172 valence electrons. The minimum Gasteiger partial charge on any atom is -0.571 e. The molecule has 0 saturated carbocycles. The zero-order chi connectivity index (χ0) is 23.2. The number of hydrogen-bond acceptors (Lipinski definition) is 10. The molecule has 1 saturated heterocycles. The molecule has 0 bridgehead atoms. The van der Waals surface area contributed by atoms with E-state index < -0.39 is 42.2 Å². The third-order valence-electron chi connectivity index (χ3n) is 5.26. The fraction of sp³-hybridized carbons (Fsp3) is 0.333. The second kappa shape index (κ2) is 8.28. The summed E-state index contributed by atoms with van der Waals surface area (Å²) in [6.07, 6.45) is -5.33. The highest BCUT2D eigenvalue weighted by Gasteiger charge is 2.42. The Bertz CT molecular complexity index is 1050. The van der Waals surface area contributed by atoms with Gasteiger partial charge in [0.15, 0.2) is 17.3 Å². The summed E-state index contributed by atoms with van der Waals surface area (Å²) in [5.41, 5.74) is 0.526. The number of aliphatic hydroxyl groups excluding tert-OH is 3. The summed E-state index contributed by atoms with van der Waals surface area (Å²) in [6.45, 7) is -0.290. The highest BCUT2D eigenvalue weighted by molar-refractivity contribution is 5.69. The molecule has 11 nitrogen and oxygen atoms in total. The summed E-state index contributed by atoms with van der Waals surface area (Å²) in [5.74, 6) is -1.23. The van der Waals surface area contributed by atoms with E-state index in [1.54, 1.807) is 0 Å². The van der Waals surface area contributed by atoms with Gasteiger partial charge in [0.2, 0.25) is 12.0 Å². The van der Waals surface area contributed by atoms with Crippen LogP contribution in [-0.2, 0) is 9.47 Å². The van der Waals surface area contributed by atoms with Crippen molar-refractivity contribution < 1.29 is 54.7 Å². The van der Waals surface area contributed by atoms with Crippen LogP contribution in [0.4, 0.5) is 0 Å². The molecule has 2 aromatic rings. The van der Waals surface area contributed by atoms with Crippen LogP contribution in [0, 0.1) is 0 Å². The predicted molar refractivity (Wildman–Crippen MR) is 107 cm³/mol. The first-order valence-corrected chi connectivity index (χ1v) is 9.60. The molecular weight excluding hydrogens is 428 g/mol. The lowest BCUT2D eigenvalue weighted by atomic mass is 10.00. The average molecular weight is 451 g/mol. The summed E-state index contributed by atoms with van der Waals surface area (Å²) in [6, 6.07) is 5.07. The molecule has 0 radical (unpaired) electrons. The Hall–Kier alpha value is -3.38. The molecule has 1 unspecified atom stereocenters. The second-order valence-electron chi connectivity index (χ2n) is 7.44. The van der Waals surface area contributed by atoms with Crippen molar-refractivity contribution in [2.45, 2.75) is 30.7 Å². The van der Waals surface area contributed by atoms with Gasteiger partial charge in [-0.3, -0.25) is 0 Å². The lowest BCUT2D eigenvalue weighted by Gasteiger charge is -2.36. The summed E-state index contributed by atoms with van der Waals surface area (Å²) < 4.78 is 20.6. The van der Waals surface area contributed by atoms with Crippen molar-refractivity contribution in [3.63, 3.8) is 0 Å². The van der Waals surface area contributed by atoms with E-state index in [0.29, 0.717) is 5.56 Å². The largest absolute Gasteiger partial charge is 0.571 e. The molecule has 32 heavy (non-hydrogen) atoms. The fourth-order valence-electron chi connectivity index (χ4n) is 3.57. The van der Waals surface area contributed by atoms with Crippen LogP contribution in [0.25, 0.3) is 6.08 Å². The highest BCUT2D eigenvalue weighted by Crippen LogP contribution is 2.47. The van der Waals surface area contributed by atoms with Gasteiger partial charge in [-0.25, -0.2) is 0 Å². The topological polar surface area (TPSA) is 182 Å². The number of methoxy groups -OCH3 is 1. The maximum atomic E-state index is 10.3. The van der Waals surface area contributed by atoms with Crippen molar-refractivity contribution in [3.05, 3.63) is 41.2 Å². The Balaban J connectivity index is 1.77. The van der Waals surface area contributed by atoms with Crippen molar-refractivity contribution in [2.24, 2.45) is 0 Å². The summed E-state index contributed by atoms with van der Waals surface area (Å²) >= 11 is 0. The smallest absolute Gasteiger partial charge is 0.270 e. The summed E-state index contributed by atoms with van der Waals surface area (Å²) in [4.78, 5) is 0. The average Bonchev–Trinajstić information content (AvgIpc) is 2.75. The van der Waals surface area contributed by atoms with Gasteiger partial charge < -0.3 is 54.7 Å². The summed E-state index contributed by atoms with van der Waals surface area (Å²) in [5, 5.41) is 70.0. The van der Waals surface area contributed by atoms with Crippen LogP contribution in [0.15, 0.2) is 30.0 Å². The molecular formula is C21H23O11+. The zero-order valence-electron chi connectivity index (χ0n) is 16.8. The second-order valence-corrected chi connectivity index (χ2v) is 7.44. The minimum atomic E-state index is -1.59. The van der Waals surface area contributed by atoms with Gasteiger partial charge in [0.25, 0.3) is 11.9 Å². The molecule has 0 amide bonds. The van der Waals surface area contributed by atoms with Gasteiger partial charge in [-0.1, -0.05) is 0 Å². The molecule has 2 aliphatic heterocycles. The number of phenols is 4. The molecule has 5 atom stereocenters. The third kappa shape index (κ3) is 3.82. The Morgan fingerprint density at radius 2 is 1.72 bits per heavy atom. The van der Waals surface area contributed by atoms with Crippen molar-refractivity contribution >= 4 is 6.08 Å². The molecule has 1 fully saturated rings. The van der Waals surface area contributed by atoms with Gasteiger partial charge in [0.1, 0.15) is 35.4 Å². The number of aromatic hydroxyl groups is 5. The van der Waals surface area contributed by atoms with E-state index in [2.05, 4.69) is 4.74 Å². The molecule has 0 aliphatic carbocycles. The number of benzene rings is 2. The molecule has 2 heterocycles. The van der Waals surface area contributed by atoms with Crippen LogP contribution in [-0.4, -0.2) is 78.8 Å². The molecule has 2 aromatic carbocycles. The van der Waals surface area contributed by atoms with Crippen LogP contribution in [0.3, 0.4) is 0 Å². The lowest BCUT2D eigenvalue weighted by molar-refractivity contribution is -0.263. The van der Waals surface area contributed by atoms with Gasteiger partial charge >= 0.3 is 0 Å². The van der Waals surface area contributed by atoms with Crippen LogP contribution >= 0.6 is 0 Å². The van der Waals surface area contributed by atoms with Gasteiger partial charge in [-0.2, -0.15) is 0 Å². The van der Waals surface area contributed by atoms with Crippen molar-refractivity contribution in [1.29, 1.82) is 0 Å². The van der Waals surface area contributed by atoms with Crippen molar-refractivity contribution in [2.75, 3.05) is 13.7 Å². The SMILES string of the molecule is COc1cc(C2[OH+]c3cc(O)cc(O)c3C=C2O[C@@H]2OC[C@H](O)[C@H](O)[C@H]2O)cc(O)c1O. The number of fused-ring (bicyclic) bond motifs is 1. The van der Waals surface area contributed by atoms with Crippen molar-refractivity contribution in [1.82, 2.24) is 0 Å². The maximum absolute atomic E-state index is 10.3. The minimum absolute atomic E-state index is 0.0356. The standard InChI is InChI=1S/C21H22O11/c1-29-15-3-8(2-12(24)17(15)26)20-16(32-21-19(28)18(27)13(25)7-30-21)6-10-11(23)4-9(22)5-14(10)31-20/h2-6,13,18-28H,7H2,1H3/p+1/t13-,18-,19+,20?,21-/m0/s1. The Morgan fingerprint density at radius 1 is 0.969 bits per heavy atom. The Labute approximate surface area is 181 Å². The fourth-order valence-corrected chi connectivity index (χ4v) is 3.57. The van der Waals surface area contributed by atoms with E-state index in [9.17, 15) is 35.7 Å². The van der Waals surface area contributed by atoms with Crippen LogP contribution in [0.5, 0.6) is 34.5 Å². The van der Waals surface area contributed by atoms with E-state index in [1.165, 1.54) is 31.4 Å². The first kappa shape index (κ1) is 21.8. The number of rotatable bonds is 4. The molecule has 11 heteroatoms. The first-order valence-electron chi connectivity index (χ1n) is 9.60. The summed E-state index contributed by atoms with van der Waals surface area (Å²) in [7, 11) is 1.30. The van der Waals surface area contributed by atoms with Crippen molar-refractivity contribution in [3.8, 4) is 34.5 Å². The van der Waals surface area contributed by atoms with Gasteiger partial charge in [0, 0.05) is 12.1 Å². The Kier molecular flexibility index (Phi) is 5.65. The highest BCUT2D eigenvalue weighted by atomic mass is 16.7. The van der Waals surface area contributed by atoms with Gasteiger partial charge in [-0.15, -0.1) is 0 Å². The monoisotopic (exact) mass is 451 g/mol. The van der Waals surface area contributed by atoms with E-state index in [-0.39, 0.29) is 40.9 Å². The third-order valence-corrected chi connectivity index (χ3v) is 5.26. The number of phenolic OH excluding ortho intramolecular Hbond substituents is 4. The van der Waals surface area contributed by atoms with E-state index in [4.69, 9.17) is 14.2 Å². The number of ether oxygens (including phenoxy) is 4. The van der Waals surface area contributed by atoms with Crippen LogP contribution < -0.4 is 4.74 Å². The van der Waals surface area contributed by atoms with Crippen LogP contribution in [0.2, 0.25) is 0 Å². The normalized spacial score (nSPS) is 27.1.